The summed E-state index contributed by atoms with van der Waals surface area (Å²) in [6, 6.07) is 0.312. The maximum Gasteiger partial charge on any atom is 0.227 e. The summed E-state index contributed by atoms with van der Waals surface area (Å²) in [5, 5.41) is 13.6. The predicted octanol–water partition coefficient (Wildman–Crippen LogP) is 1.34. The van der Waals surface area contributed by atoms with E-state index < -0.39 is 0 Å². The molecule has 0 saturated heterocycles. The first kappa shape index (κ1) is 15.0. The fourth-order valence-corrected chi connectivity index (χ4v) is 3.16. The van der Waals surface area contributed by atoms with E-state index in [1.807, 2.05) is 30.5 Å². The second-order valence-corrected chi connectivity index (χ2v) is 5.70. The number of carbonyl (C=O) groups excluding carboxylic acids is 1. The highest BCUT2D eigenvalue weighted by Crippen LogP contribution is 2.24. The van der Waals surface area contributed by atoms with Crippen molar-refractivity contribution in [1.82, 2.24) is 14.7 Å². The highest BCUT2D eigenvalue weighted by atomic mass is 16.3. The van der Waals surface area contributed by atoms with Gasteiger partial charge in [-0.05, 0) is 26.7 Å². The molecule has 0 atom stereocenters. The van der Waals surface area contributed by atoms with Gasteiger partial charge in [-0.3, -0.25) is 9.48 Å². The highest BCUT2D eigenvalue weighted by molar-refractivity contribution is 5.79. The summed E-state index contributed by atoms with van der Waals surface area (Å²) in [5.74, 6) is 0.116. The Bertz CT molecular complexity index is 476. The van der Waals surface area contributed by atoms with Crippen LogP contribution < -0.4 is 0 Å². The molecule has 5 heteroatoms. The minimum atomic E-state index is 0.0350. The van der Waals surface area contributed by atoms with Crippen LogP contribution in [0.4, 0.5) is 0 Å². The Hall–Kier alpha value is -1.36. The molecule has 1 amide bonds. The van der Waals surface area contributed by atoms with Crippen LogP contribution in [-0.2, 0) is 18.3 Å². The van der Waals surface area contributed by atoms with Gasteiger partial charge >= 0.3 is 0 Å². The second kappa shape index (κ2) is 6.39. The number of aryl methyl sites for hydroxylation is 2. The molecule has 1 aromatic rings. The second-order valence-electron chi connectivity index (χ2n) is 5.70. The Balaban J connectivity index is 2.11. The van der Waals surface area contributed by atoms with Crippen molar-refractivity contribution in [3.05, 3.63) is 17.0 Å². The monoisotopic (exact) mass is 279 g/mol. The van der Waals surface area contributed by atoms with Crippen LogP contribution in [0.5, 0.6) is 0 Å². The summed E-state index contributed by atoms with van der Waals surface area (Å²) in [5.41, 5.74) is 3.00. The molecular weight excluding hydrogens is 254 g/mol. The quantitative estimate of drug-likeness (QED) is 0.885. The number of hydrogen-bond donors (Lipinski definition) is 1. The third-order valence-corrected chi connectivity index (χ3v) is 4.41. The average Bonchev–Trinajstić information content (AvgIpc) is 3.01. The van der Waals surface area contributed by atoms with Gasteiger partial charge in [0, 0.05) is 30.9 Å². The van der Waals surface area contributed by atoms with E-state index in [4.69, 9.17) is 0 Å². The molecule has 1 heterocycles. The fraction of sp³-hybridized carbons (Fsp3) is 0.733. The van der Waals surface area contributed by atoms with Crippen LogP contribution in [0.15, 0.2) is 0 Å². The summed E-state index contributed by atoms with van der Waals surface area (Å²) < 4.78 is 1.82. The molecule has 0 bridgehead atoms. The molecule has 0 aliphatic heterocycles. The van der Waals surface area contributed by atoms with Gasteiger partial charge in [0.25, 0.3) is 0 Å². The summed E-state index contributed by atoms with van der Waals surface area (Å²) in [4.78, 5) is 14.5. The molecule has 1 aliphatic carbocycles. The predicted molar refractivity (Wildman–Crippen MR) is 77.4 cm³/mol. The first-order chi connectivity index (χ1) is 9.54. The molecule has 5 nitrogen and oxygen atoms in total. The van der Waals surface area contributed by atoms with Crippen molar-refractivity contribution in [3.8, 4) is 0 Å². The molecule has 0 unspecified atom stereocenters. The van der Waals surface area contributed by atoms with Crippen molar-refractivity contribution in [3.63, 3.8) is 0 Å². The summed E-state index contributed by atoms with van der Waals surface area (Å²) in [6.07, 6.45) is 4.89. The van der Waals surface area contributed by atoms with Crippen LogP contribution in [-0.4, -0.2) is 44.9 Å². The van der Waals surface area contributed by atoms with Gasteiger partial charge in [-0.1, -0.05) is 12.8 Å². The van der Waals surface area contributed by atoms with Crippen LogP contribution in [0, 0.1) is 13.8 Å². The molecule has 0 aromatic carbocycles. The van der Waals surface area contributed by atoms with Crippen LogP contribution in [0.2, 0.25) is 0 Å². The number of hydrogen-bond acceptors (Lipinski definition) is 3. The molecule has 112 valence electrons. The summed E-state index contributed by atoms with van der Waals surface area (Å²) in [6.45, 7) is 4.42. The molecular formula is C15H25N3O2. The molecule has 1 aromatic heterocycles. The van der Waals surface area contributed by atoms with Gasteiger partial charge in [-0.25, -0.2) is 0 Å². The third-order valence-electron chi connectivity index (χ3n) is 4.41. The number of rotatable bonds is 5. The van der Waals surface area contributed by atoms with Crippen LogP contribution >= 0.6 is 0 Å². The molecule has 2 rings (SSSR count). The lowest BCUT2D eigenvalue weighted by atomic mass is 10.1. The van der Waals surface area contributed by atoms with E-state index in [0.29, 0.717) is 19.0 Å². The normalized spacial score (nSPS) is 15.8. The lowest BCUT2D eigenvalue weighted by Crippen LogP contribution is -2.41. The lowest BCUT2D eigenvalue weighted by molar-refractivity contribution is -0.133. The van der Waals surface area contributed by atoms with Gasteiger partial charge in [0.2, 0.25) is 5.91 Å². The first-order valence-corrected chi connectivity index (χ1v) is 7.44. The Morgan fingerprint density at radius 3 is 2.55 bits per heavy atom. The topological polar surface area (TPSA) is 58.4 Å². The number of aromatic nitrogens is 2. The van der Waals surface area contributed by atoms with Gasteiger partial charge in [0.1, 0.15) is 0 Å². The van der Waals surface area contributed by atoms with E-state index in [1.165, 1.54) is 12.8 Å². The van der Waals surface area contributed by atoms with Gasteiger partial charge in [-0.2, -0.15) is 5.10 Å². The number of nitrogens with zero attached hydrogens (tertiary/aromatic N) is 3. The van der Waals surface area contributed by atoms with E-state index >= 15 is 0 Å². The lowest BCUT2D eigenvalue weighted by Gasteiger charge is -2.28. The Labute approximate surface area is 120 Å². The van der Waals surface area contributed by atoms with Crippen molar-refractivity contribution >= 4 is 5.91 Å². The molecule has 1 fully saturated rings. The molecule has 1 saturated carbocycles. The first-order valence-electron chi connectivity index (χ1n) is 7.44. The average molecular weight is 279 g/mol. The number of carbonyl (C=O) groups is 1. The zero-order valence-electron chi connectivity index (χ0n) is 12.7. The Morgan fingerprint density at radius 2 is 2.05 bits per heavy atom. The van der Waals surface area contributed by atoms with E-state index in [-0.39, 0.29) is 12.5 Å². The van der Waals surface area contributed by atoms with Gasteiger partial charge in [0.15, 0.2) is 0 Å². The third kappa shape index (κ3) is 3.03. The van der Waals surface area contributed by atoms with Crippen molar-refractivity contribution in [1.29, 1.82) is 0 Å². The van der Waals surface area contributed by atoms with Crippen molar-refractivity contribution in [2.24, 2.45) is 7.05 Å². The van der Waals surface area contributed by atoms with E-state index in [2.05, 4.69) is 5.10 Å². The Kier molecular flexibility index (Phi) is 4.81. The molecule has 20 heavy (non-hydrogen) atoms. The fourth-order valence-electron chi connectivity index (χ4n) is 3.16. The van der Waals surface area contributed by atoms with Gasteiger partial charge < -0.3 is 10.0 Å². The summed E-state index contributed by atoms with van der Waals surface area (Å²) >= 11 is 0. The number of amides is 1. The molecule has 1 aliphatic rings. The minimum Gasteiger partial charge on any atom is -0.395 e. The summed E-state index contributed by atoms with van der Waals surface area (Å²) in [7, 11) is 1.90. The minimum absolute atomic E-state index is 0.0350. The number of aliphatic hydroxyl groups excluding tert-OH is 1. The number of aliphatic hydroxyl groups is 1. The largest absolute Gasteiger partial charge is 0.395 e. The van der Waals surface area contributed by atoms with E-state index in [9.17, 15) is 9.90 Å². The zero-order chi connectivity index (χ0) is 14.7. The van der Waals surface area contributed by atoms with Crippen LogP contribution in [0.1, 0.15) is 42.6 Å². The SMILES string of the molecule is Cc1nn(C)c(C)c1CC(=O)N(CCO)C1CCCC1. The van der Waals surface area contributed by atoms with E-state index in [1.54, 1.807) is 0 Å². The Morgan fingerprint density at radius 1 is 1.40 bits per heavy atom. The maximum atomic E-state index is 12.6. The molecule has 1 N–H and O–H groups in total. The van der Waals surface area contributed by atoms with Crippen LogP contribution in [0.3, 0.4) is 0 Å². The van der Waals surface area contributed by atoms with Crippen molar-refractivity contribution in [2.45, 2.75) is 52.0 Å². The standard InChI is InChI=1S/C15H25N3O2/c1-11-14(12(2)17(3)16-11)10-15(20)18(8-9-19)13-6-4-5-7-13/h13,19H,4-10H2,1-3H3. The maximum absolute atomic E-state index is 12.6. The smallest absolute Gasteiger partial charge is 0.227 e. The van der Waals surface area contributed by atoms with Crippen molar-refractivity contribution in [2.75, 3.05) is 13.2 Å². The van der Waals surface area contributed by atoms with Crippen LogP contribution in [0.25, 0.3) is 0 Å². The highest BCUT2D eigenvalue weighted by Gasteiger charge is 2.27. The van der Waals surface area contributed by atoms with Gasteiger partial charge in [-0.15, -0.1) is 0 Å². The van der Waals surface area contributed by atoms with E-state index in [0.717, 1.165) is 29.8 Å². The van der Waals surface area contributed by atoms with Crippen molar-refractivity contribution < 1.29 is 9.90 Å². The zero-order valence-corrected chi connectivity index (χ0v) is 12.7. The molecule has 0 spiro atoms. The molecule has 0 radical (unpaired) electrons. The van der Waals surface area contributed by atoms with Gasteiger partial charge in [0.05, 0.1) is 18.7 Å².